The number of aryl methyl sites for hydroxylation is 1. The summed E-state index contributed by atoms with van der Waals surface area (Å²) in [5, 5.41) is 8.40. The first-order valence-electron chi connectivity index (χ1n) is 7.30. The van der Waals surface area contributed by atoms with Gasteiger partial charge in [0.15, 0.2) is 11.9 Å². The second kappa shape index (κ2) is 6.42. The van der Waals surface area contributed by atoms with E-state index in [0.717, 1.165) is 0 Å². The second-order valence-corrected chi connectivity index (χ2v) is 5.47. The number of nitrogens with one attached hydrogen (secondary N) is 2. The van der Waals surface area contributed by atoms with Gasteiger partial charge in [0.05, 0.1) is 0 Å². The highest BCUT2D eigenvalue weighted by Gasteiger charge is 2.42. The zero-order valence-electron chi connectivity index (χ0n) is 13.1. The van der Waals surface area contributed by atoms with Gasteiger partial charge in [-0.15, -0.1) is 0 Å². The van der Waals surface area contributed by atoms with Crippen LogP contribution in [0.1, 0.15) is 22.0 Å². The minimum Gasteiger partial charge on any atom is -0.357 e. The Labute approximate surface area is 140 Å². The summed E-state index contributed by atoms with van der Waals surface area (Å²) in [5.74, 6) is -0.405. The fourth-order valence-corrected chi connectivity index (χ4v) is 2.42. The molecule has 0 unspecified atom stereocenters. The molecule has 25 heavy (non-hydrogen) atoms. The zero-order valence-corrected chi connectivity index (χ0v) is 13.1. The minimum atomic E-state index is -4.61. The van der Waals surface area contributed by atoms with Gasteiger partial charge < -0.3 is 9.88 Å². The summed E-state index contributed by atoms with van der Waals surface area (Å²) >= 11 is 0. The zero-order chi connectivity index (χ0) is 18.0. The smallest absolute Gasteiger partial charge is 0.357 e. The molecule has 6 nitrogen and oxygen atoms in total. The number of halogens is 3. The molecule has 1 aromatic carbocycles. The molecule has 2 N–H and O–H groups in total. The van der Waals surface area contributed by atoms with E-state index in [0.29, 0.717) is 11.4 Å². The number of benzene rings is 1. The average molecular weight is 349 g/mol. The van der Waals surface area contributed by atoms with Gasteiger partial charge in [-0.25, -0.2) is 4.98 Å². The van der Waals surface area contributed by atoms with Crippen molar-refractivity contribution in [3.63, 3.8) is 0 Å². The SMILES string of the molecule is Cn1ccc([C@@H](NC(=O)c2cccc(-c3ncn[nH]3)c2)C(F)(F)F)c1. The van der Waals surface area contributed by atoms with Crippen LogP contribution in [-0.4, -0.2) is 31.8 Å². The standard InChI is InChI=1S/C16H14F3N5O/c1-24-6-5-12(8-24)13(16(17,18)19)22-15(25)11-4-2-3-10(7-11)14-20-9-21-23-14/h2-9,13H,1H3,(H,22,25)(H,20,21,23)/t13-/m1/s1. The average Bonchev–Trinajstić information content (AvgIpc) is 3.23. The molecular formula is C16H14F3N5O. The van der Waals surface area contributed by atoms with Gasteiger partial charge in [0, 0.05) is 36.1 Å². The van der Waals surface area contributed by atoms with Crippen LogP contribution in [0.2, 0.25) is 0 Å². The summed E-state index contributed by atoms with van der Waals surface area (Å²) in [6.45, 7) is 0. The first kappa shape index (κ1) is 16.7. The van der Waals surface area contributed by atoms with Crippen LogP contribution in [0.4, 0.5) is 13.2 Å². The maximum Gasteiger partial charge on any atom is 0.412 e. The van der Waals surface area contributed by atoms with Crippen LogP contribution >= 0.6 is 0 Å². The maximum atomic E-state index is 13.3. The van der Waals surface area contributed by atoms with Crippen LogP contribution in [0.5, 0.6) is 0 Å². The summed E-state index contributed by atoms with van der Waals surface area (Å²) < 4.78 is 41.5. The van der Waals surface area contributed by atoms with Crippen molar-refractivity contribution in [3.8, 4) is 11.4 Å². The lowest BCUT2D eigenvalue weighted by Crippen LogP contribution is -2.38. The van der Waals surface area contributed by atoms with Crippen molar-refractivity contribution in [3.05, 3.63) is 60.2 Å². The predicted molar refractivity (Wildman–Crippen MR) is 83.5 cm³/mol. The summed E-state index contributed by atoms with van der Waals surface area (Å²) in [6.07, 6.45) is -0.495. The molecule has 0 bridgehead atoms. The van der Waals surface area contributed by atoms with E-state index in [9.17, 15) is 18.0 Å². The molecule has 0 spiro atoms. The van der Waals surface area contributed by atoms with Gasteiger partial charge in [0.25, 0.3) is 5.91 Å². The van der Waals surface area contributed by atoms with Crippen molar-refractivity contribution in [1.82, 2.24) is 25.1 Å². The van der Waals surface area contributed by atoms with E-state index in [1.165, 1.54) is 41.5 Å². The number of alkyl halides is 3. The predicted octanol–water partition coefficient (Wildman–Crippen LogP) is 2.84. The molecule has 0 saturated carbocycles. The van der Waals surface area contributed by atoms with Crippen molar-refractivity contribution in [2.24, 2.45) is 7.05 Å². The number of carbonyl (C=O) groups is 1. The molecule has 0 radical (unpaired) electrons. The molecule has 0 aliphatic rings. The molecule has 0 aliphatic carbocycles. The second-order valence-electron chi connectivity index (χ2n) is 5.47. The molecule has 3 rings (SSSR count). The number of rotatable bonds is 4. The highest BCUT2D eigenvalue weighted by atomic mass is 19.4. The van der Waals surface area contributed by atoms with Crippen LogP contribution in [0, 0.1) is 0 Å². The monoisotopic (exact) mass is 349 g/mol. The van der Waals surface area contributed by atoms with Crippen LogP contribution in [0.3, 0.4) is 0 Å². The molecule has 2 aromatic heterocycles. The first-order chi connectivity index (χ1) is 11.8. The number of nitrogens with zero attached hydrogens (tertiary/aromatic N) is 3. The maximum absolute atomic E-state index is 13.3. The van der Waals surface area contributed by atoms with E-state index in [1.807, 2.05) is 0 Å². The van der Waals surface area contributed by atoms with Gasteiger partial charge >= 0.3 is 6.18 Å². The van der Waals surface area contributed by atoms with Crippen LogP contribution < -0.4 is 5.32 Å². The summed E-state index contributed by atoms with van der Waals surface area (Å²) in [7, 11) is 1.61. The van der Waals surface area contributed by atoms with Crippen molar-refractivity contribution < 1.29 is 18.0 Å². The molecule has 0 aliphatic heterocycles. The van der Waals surface area contributed by atoms with E-state index in [4.69, 9.17) is 0 Å². The van der Waals surface area contributed by atoms with Gasteiger partial charge in [0.2, 0.25) is 0 Å². The molecule has 9 heteroatoms. The number of aromatic amines is 1. The number of hydrogen-bond donors (Lipinski definition) is 2. The van der Waals surface area contributed by atoms with Gasteiger partial charge in [-0.2, -0.15) is 18.3 Å². The van der Waals surface area contributed by atoms with E-state index >= 15 is 0 Å². The Morgan fingerprint density at radius 2 is 2.12 bits per heavy atom. The molecule has 1 amide bonds. The number of aromatic nitrogens is 4. The van der Waals surface area contributed by atoms with E-state index in [2.05, 4.69) is 20.5 Å². The summed E-state index contributed by atoms with van der Waals surface area (Å²) in [4.78, 5) is 16.3. The molecular weight excluding hydrogens is 335 g/mol. The van der Waals surface area contributed by atoms with Gasteiger partial charge in [0.1, 0.15) is 6.33 Å². The Morgan fingerprint density at radius 3 is 2.72 bits per heavy atom. The van der Waals surface area contributed by atoms with Crippen molar-refractivity contribution in [2.45, 2.75) is 12.2 Å². The van der Waals surface area contributed by atoms with Crippen molar-refractivity contribution in [2.75, 3.05) is 0 Å². The van der Waals surface area contributed by atoms with E-state index < -0.39 is 18.1 Å². The van der Waals surface area contributed by atoms with Crippen molar-refractivity contribution in [1.29, 1.82) is 0 Å². The molecule has 1 atom stereocenters. The Balaban J connectivity index is 1.86. The minimum absolute atomic E-state index is 0.0326. The summed E-state index contributed by atoms with van der Waals surface area (Å²) in [6, 6.07) is 5.37. The fourth-order valence-electron chi connectivity index (χ4n) is 2.42. The van der Waals surface area contributed by atoms with E-state index in [1.54, 1.807) is 19.2 Å². The fraction of sp³-hybridized carbons (Fsp3) is 0.188. The van der Waals surface area contributed by atoms with Crippen LogP contribution in [0.25, 0.3) is 11.4 Å². The number of carbonyl (C=O) groups excluding carboxylic acids is 1. The topological polar surface area (TPSA) is 75.6 Å². The first-order valence-corrected chi connectivity index (χ1v) is 7.30. The van der Waals surface area contributed by atoms with Gasteiger partial charge in [-0.3, -0.25) is 9.89 Å². The van der Waals surface area contributed by atoms with Crippen LogP contribution in [0.15, 0.2) is 49.1 Å². The lowest BCUT2D eigenvalue weighted by atomic mass is 10.1. The third kappa shape index (κ3) is 3.70. The lowest BCUT2D eigenvalue weighted by Gasteiger charge is -2.21. The molecule has 130 valence electrons. The highest BCUT2D eigenvalue weighted by Crippen LogP contribution is 2.33. The lowest BCUT2D eigenvalue weighted by molar-refractivity contribution is -0.155. The Hall–Kier alpha value is -3.10. The number of amides is 1. The van der Waals surface area contributed by atoms with Crippen molar-refractivity contribution >= 4 is 5.91 Å². The highest BCUT2D eigenvalue weighted by molar-refractivity contribution is 5.95. The van der Waals surface area contributed by atoms with E-state index in [-0.39, 0.29) is 11.1 Å². The normalized spacial score (nSPS) is 12.8. The Bertz CT molecular complexity index is 870. The molecule has 0 saturated heterocycles. The summed E-state index contributed by atoms with van der Waals surface area (Å²) in [5.41, 5.74) is 0.613. The number of H-pyrrole nitrogens is 1. The number of hydrogen-bond acceptors (Lipinski definition) is 3. The van der Waals surface area contributed by atoms with Gasteiger partial charge in [-0.05, 0) is 18.2 Å². The Kier molecular flexibility index (Phi) is 4.30. The molecule has 2 heterocycles. The van der Waals surface area contributed by atoms with Gasteiger partial charge in [-0.1, -0.05) is 12.1 Å². The Morgan fingerprint density at radius 1 is 1.32 bits per heavy atom. The van der Waals surface area contributed by atoms with Crippen LogP contribution in [-0.2, 0) is 7.05 Å². The third-order valence-electron chi connectivity index (χ3n) is 3.60. The molecule has 3 aromatic rings. The quantitative estimate of drug-likeness (QED) is 0.760. The third-order valence-corrected chi connectivity index (χ3v) is 3.60. The largest absolute Gasteiger partial charge is 0.412 e. The molecule has 0 fully saturated rings.